The minimum Gasteiger partial charge on any atom is -0.351 e. The number of carbonyl (C=O) groups excluding carboxylic acids is 4. The zero-order valence-electron chi connectivity index (χ0n) is 16.2. The Hall–Kier alpha value is -3.20. The highest BCUT2D eigenvalue weighted by molar-refractivity contribution is 7.14. The molecule has 2 heterocycles. The Kier molecular flexibility index (Phi) is 5.97. The molecule has 1 atom stereocenters. The first-order valence-corrected chi connectivity index (χ1v) is 9.95. The van der Waals surface area contributed by atoms with Gasteiger partial charge in [-0.05, 0) is 37.5 Å². The molecule has 1 aliphatic heterocycles. The summed E-state index contributed by atoms with van der Waals surface area (Å²) in [7, 11) is 0. The number of nitrogens with one attached hydrogen (secondary N) is 3. The van der Waals surface area contributed by atoms with Crippen LogP contribution >= 0.6 is 11.3 Å². The van der Waals surface area contributed by atoms with E-state index in [-0.39, 0.29) is 5.91 Å². The number of thiophene rings is 1. The summed E-state index contributed by atoms with van der Waals surface area (Å²) in [6.07, 6.45) is 1.02. The van der Waals surface area contributed by atoms with E-state index >= 15 is 0 Å². The predicted octanol–water partition coefficient (Wildman–Crippen LogP) is 1.97. The summed E-state index contributed by atoms with van der Waals surface area (Å²) in [5.41, 5.74) is 2.35. The molecular weight excluding hydrogens is 392 g/mol. The van der Waals surface area contributed by atoms with Gasteiger partial charge in [0.2, 0.25) is 5.91 Å². The van der Waals surface area contributed by atoms with E-state index in [1.54, 1.807) is 19.1 Å². The summed E-state index contributed by atoms with van der Waals surface area (Å²) in [5, 5.41) is 6.06. The Morgan fingerprint density at radius 3 is 2.55 bits per heavy atom. The van der Waals surface area contributed by atoms with Crippen molar-refractivity contribution in [2.45, 2.75) is 38.8 Å². The summed E-state index contributed by atoms with van der Waals surface area (Å²) in [4.78, 5) is 49.7. The van der Waals surface area contributed by atoms with Gasteiger partial charge in [0, 0.05) is 11.8 Å². The van der Waals surface area contributed by atoms with Crippen LogP contribution in [-0.4, -0.2) is 34.3 Å². The fourth-order valence-corrected chi connectivity index (χ4v) is 3.79. The van der Waals surface area contributed by atoms with Gasteiger partial charge in [-0.25, -0.2) is 4.79 Å². The Morgan fingerprint density at radius 1 is 1.14 bits per heavy atom. The third-order valence-corrected chi connectivity index (χ3v) is 5.71. The molecule has 1 aromatic heterocycles. The van der Waals surface area contributed by atoms with E-state index in [1.807, 2.05) is 30.3 Å². The van der Waals surface area contributed by atoms with Gasteiger partial charge in [-0.1, -0.05) is 30.3 Å². The molecule has 9 heteroatoms. The number of hydrogen-bond acceptors (Lipinski definition) is 5. The van der Waals surface area contributed by atoms with E-state index in [1.165, 1.54) is 18.3 Å². The van der Waals surface area contributed by atoms with Crippen molar-refractivity contribution in [2.75, 3.05) is 0 Å². The van der Waals surface area contributed by atoms with Crippen molar-refractivity contribution in [3.05, 3.63) is 57.8 Å². The molecule has 3 N–H and O–H groups in total. The number of aryl methyl sites for hydroxylation is 1. The average molecular weight is 414 g/mol. The molecule has 0 bridgehead atoms. The maximum absolute atomic E-state index is 12.8. The molecule has 1 fully saturated rings. The Bertz CT molecular complexity index is 943. The highest BCUT2D eigenvalue weighted by Gasteiger charge is 2.48. The first kappa shape index (κ1) is 20.5. The fourth-order valence-electron chi connectivity index (χ4n) is 2.96. The van der Waals surface area contributed by atoms with E-state index in [0.29, 0.717) is 24.3 Å². The molecule has 29 heavy (non-hydrogen) atoms. The van der Waals surface area contributed by atoms with Gasteiger partial charge in [-0.3, -0.25) is 19.8 Å². The van der Waals surface area contributed by atoms with Crippen molar-refractivity contribution in [1.82, 2.24) is 21.1 Å². The van der Waals surface area contributed by atoms with Crippen molar-refractivity contribution < 1.29 is 19.2 Å². The number of carbonyl (C=O) groups is 4. The molecule has 152 valence electrons. The molecule has 0 saturated carbocycles. The van der Waals surface area contributed by atoms with Crippen LogP contribution in [0.25, 0.3) is 0 Å². The lowest BCUT2D eigenvalue weighted by molar-refractivity contribution is -0.132. The molecule has 3 rings (SSSR count). The van der Waals surface area contributed by atoms with Crippen molar-refractivity contribution >= 4 is 35.1 Å². The number of benzene rings is 1. The van der Waals surface area contributed by atoms with Crippen LogP contribution in [0.3, 0.4) is 0 Å². The van der Waals surface area contributed by atoms with E-state index in [4.69, 9.17) is 0 Å². The highest BCUT2D eigenvalue weighted by Crippen LogP contribution is 2.23. The van der Waals surface area contributed by atoms with E-state index in [2.05, 4.69) is 16.1 Å². The molecular formula is C20H22N4O4S. The molecule has 0 spiro atoms. The van der Waals surface area contributed by atoms with Crippen molar-refractivity contribution in [1.29, 1.82) is 0 Å². The number of hydrogen-bond donors (Lipinski definition) is 3. The Labute approximate surface area is 172 Å². The number of imide groups is 1. The van der Waals surface area contributed by atoms with Gasteiger partial charge in [0.25, 0.3) is 11.8 Å². The monoisotopic (exact) mass is 414 g/mol. The number of urea groups is 1. The van der Waals surface area contributed by atoms with Crippen LogP contribution in [0.4, 0.5) is 4.79 Å². The topological polar surface area (TPSA) is 108 Å². The van der Waals surface area contributed by atoms with Crippen molar-refractivity contribution in [3.63, 3.8) is 0 Å². The molecule has 0 radical (unpaired) electrons. The van der Waals surface area contributed by atoms with Gasteiger partial charge in [0.15, 0.2) is 0 Å². The standard InChI is InChI=1S/C20H22N4O4S/c1-13(25)21-12-15-8-9-16(29-15)17(26)23-24-18(27)20(2,22-19(24)28)11-10-14-6-4-3-5-7-14/h3-9H,10-12H2,1-2H3,(H,21,25)(H,22,28)(H,23,26). The summed E-state index contributed by atoms with van der Waals surface area (Å²) in [6.45, 7) is 3.38. The normalized spacial score (nSPS) is 18.5. The zero-order valence-corrected chi connectivity index (χ0v) is 17.0. The second kappa shape index (κ2) is 8.44. The Morgan fingerprint density at radius 2 is 1.86 bits per heavy atom. The number of amides is 5. The summed E-state index contributed by atoms with van der Waals surface area (Å²) < 4.78 is 0. The Balaban J connectivity index is 1.62. The first-order chi connectivity index (χ1) is 13.8. The molecule has 2 aromatic rings. The summed E-state index contributed by atoms with van der Waals surface area (Å²) >= 11 is 1.18. The SMILES string of the molecule is CC(=O)NCc1ccc(C(=O)NN2C(=O)NC(C)(CCc3ccccc3)C2=O)s1. The lowest BCUT2D eigenvalue weighted by atomic mass is 9.93. The third-order valence-electron chi connectivity index (χ3n) is 4.63. The zero-order chi connectivity index (χ0) is 21.0. The van der Waals surface area contributed by atoms with Crippen LogP contribution in [0.1, 0.15) is 40.4 Å². The summed E-state index contributed by atoms with van der Waals surface area (Å²) in [5.74, 6) is -1.22. The van der Waals surface area contributed by atoms with Crippen LogP contribution in [0.2, 0.25) is 0 Å². The minimum atomic E-state index is -1.09. The third kappa shape index (κ3) is 4.80. The highest BCUT2D eigenvalue weighted by atomic mass is 32.1. The van der Waals surface area contributed by atoms with Gasteiger partial charge in [0.05, 0.1) is 11.4 Å². The maximum atomic E-state index is 12.8. The minimum absolute atomic E-state index is 0.168. The van der Waals surface area contributed by atoms with E-state index in [9.17, 15) is 19.2 Å². The quantitative estimate of drug-likeness (QED) is 0.602. The van der Waals surface area contributed by atoms with Crippen LogP contribution < -0.4 is 16.1 Å². The molecule has 8 nitrogen and oxygen atoms in total. The second-order valence-corrected chi connectivity index (χ2v) is 8.17. The fraction of sp³-hybridized carbons (Fsp3) is 0.300. The largest absolute Gasteiger partial charge is 0.351 e. The van der Waals surface area contributed by atoms with Gasteiger partial charge < -0.3 is 10.6 Å². The van der Waals surface area contributed by atoms with Crippen molar-refractivity contribution in [3.8, 4) is 0 Å². The maximum Gasteiger partial charge on any atom is 0.344 e. The number of nitrogens with zero attached hydrogens (tertiary/aromatic N) is 1. The lowest BCUT2D eigenvalue weighted by Gasteiger charge is -2.21. The van der Waals surface area contributed by atoms with Crippen LogP contribution in [-0.2, 0) is 22.6 Å². The summed E-state index contributed by atoms with van der Waals surface area (Å²) in [6, 6.07) is 12.3. The van der Waals surface area contributed by atoms with Gasteiger partial charge >= 0.3 is 6.03 Å². The average Bonchev–Trinajstić information content (AvgIpc) is 3.25. The molecule has 1 unspecified atom stereocenters. The van der Waals surface area contributed by atoms with Gasteiger partial charge in [0.1, 0.15) is 5.54 Å². The van der Waals surface area contributed by atoms with Crippen LogP contribution in [0, 0.1) is 0 Å². The molecule has 1 aliphatic rings. The second-order valence-electron chi connectivity index (χ2n) is 7.01. The molecule has 1 saturated heterocycles. The van der Waals surface area contributed by atoms with Gasteiger partial charge in [-0.15, -0.1) is 11.3 Å². The first-order valence-electron chi connectivity index (χ1n) is 9.13. The number of rotatable bonds is 7. The molecule has 1 aromatic carbocycles. The van der Waals surface area contributed by atoms with Gasteiger partial charge in [-0.2, -0.15) is 5.01 Å². The van der Waals surface area contributed by atoms with E-state index in [0.717, 1.165) is 15.4 Å². The van der Waals surface area contributed by atoms with Crippen LogP contribution in [0.5, 0.6) is 0 Å². The lowest BCUT2D eigenvalue weighted by Crippen LogP contribution is -2.48. The van der Waals surface area contributed by atoms with Crippen molar-refractivity contribution in [2.24, 2.45) is 0 Å². The smallest absolute Gasteiger partial charge is 0.344 e. The van der Waals surface area contributed by atoms with E-state index < -0.39 is 23.4 Å². The molecule has 5 amide bonds. The predicted molar refractivity (Wildman–Crippen MR) is 108 cm³/mol. The molecule has 0 aliphatic carbocycles. The van der Waals surface area contributed by atoms with Crippen LogP contribution in [0.15, 0.2) is 42.5 Å². The number of hydrazine groups is 1.